The van der Waals surface area contributed by atoms with Crippen molar-refractivity contribution in [2.45, 2.75) is 32.8 Å². The van der Waals surface area contributed by atoms with Crippen LogP contribution >= 0.6 is 11.6 Å². The standard InChI is InChI=1S/C18H19ClO2/c1-2-3-7-14-8-6-10-16(12-14)21-13-15-9-4-5-11-17(15)18(19)20/h4-6,8-12H,2-3,7,13H2,1H3. The van der Waals surface area contributed by atoms with E-state index in [0.29, 0.717) is 12.2 Å². The Kier molecular flexibility index (Phi) is 5.82. The number of carbonyl (C=O) groups excluding carboxylic acids is 1. The van der Waals surface area contributed by atoms with Gasteiger partial charge in [0.05, 0.1) is 0 Å². The molecule has 110 valence electrons. The second-order valence-electron chi connectivity index (χ2n) is 4.97. The number of hydrogen-bond acceptors (Lipinski definition) is 2. The van der Waals surface area contributed by atoms with E-state index in [9.17, 15) is 4.79 Å². The van der Waals surface area contributed by atoms with Crippen LogP contribution in [0.1, 0.15) is 41.3 Å². The van der Waals surface area contributed by atoms with E-state index < -0.39 is 5.24 Å². The van der Waals surface area contributed by atoms with Crippen molar-refractivity contribution in [3.8, 4) is 5.75 Å². The van der Waals surface area contributed by atoms with Crippen molar-refractivity contribution in [3.05, 3.63) is 65.2 Å². The molecular formula is C18H19ClO2. The van der Waals surface area contributed by atoms with Gasteiger partial charge >= 0.3 is 0 Å². The first-order chi connectivity index (χ1) is 10.2. The molecule has 3 heteroatoms. The number of rotatable bonds is 7. The molecule has 0 amide bonds. The maximum Gasteiger partial charge on any atom is 0.252 e. The Morgan fingerprint density at radius 2 is 1.95 bits per heavy atom. The zero-order valence-electron chi connectivity index (χ0n) is 12.1. The van der Waals surface area contributed by atoms with Gasteiger partial charge in [0, 0.05) is 11.1 Å². The molecule has 0 saturated carbocycles. The molecule has 21 heavy (non-hydrogen) atoms. The monoisotopic (exact) mass is 302 g/mol. The van der Waals surface area contributed by atoms with Gasteiger partial charge in [0.25, 0.3) is 5.24 Å². The smallest absolute Gasteiger partial charge is 0.252 e. The van der Waals surface area contributed by atoms with Gasteiger partial charge in [-0.2, -0.15) is 0 Å². The molecule has 0 atom stereocenters. The predicted molar refractivity (Wildman–Crippen MR) is 86.0 cm³/mol. The van der Waals surface area contributed by atoms with Crippen molar-refractivity contribution in [1.82, 2.24) is 0 Å². The van der Waals surface area contributed by atoms with Crippen LogP contribution in [0.15, 0.2) is 48.5 Å². The molecule has 2 aromatic rings. The highest BCUT2D eigenvalue weighted by atomic mass is 35.5. The molecule has 2 nitrogen and oxygen atoms in total. The van der Waals surface area contributed by atoms with Gasteiger partial charge in [0.2, 0.25) is 0 Å². The fourth-order valence-electron chi connectivity index (χ4n) is 2.17. The highest BCUT2D eigenvalue weighted by molar-refractivity contribution is 6.67. The molecule has 0 fully saturated rings. The van der Waals surface area contributed by atoms with Crippen molar-refractivity contribution in [2.75, 3.05) is 0 Å². The van der Waals surface area contributed by atoms with E-state index in [0.717, 1.165) is 17.7 Å². The van der Waals surface area contributed by atoms with E-state index in [1.165, 1.54) is 18.4 Å². The van der Waals surface area contributed by atoms with Gasteiger partial charge in [-0.1, -0.05) is 43.7 Å². The molecule has 0 spiro atoms. The average Bonchev–Trinajstić information content (AvgIpc) is 2.51. The minimum absolute atomic E-state index is 0.339. The number of ether oxygens (including phenoxy) is 1. The summed E-state index contributed by atoms with van der Waals surface area (Å²) >= 11 is 5.58. The van der Waals surface area contributed by atoms with Crippen molar-refractivity contribution in [1.29, 1.82) is 0 Å². The summed E-state index contributed by atoms with van der Waals surface area (Å²) in [5, 5.41) is -0.453. The zero-order valence-corrected chi connectivity index (χ0v) is 12.9. The highest BCUT2D eigenvalue weighted by Crippen LogP contribution is 2.18. The first-order valence-electron chi connectivity index (χ1n) is 7.20. The molecule has 0 aromatic heterocycles. The Morgan fingerprint density at radius 1 is 1.14 bits per heavy atom. The third kappa shape index (κ3) is 4.61. The van der Waals surface area contributed by atoms with E-state index in [1.807, 2.05) is 24.3 Å². The van der Waals surface area contributed by atoms with Crippen molar-refractivity contribution < 1.29 is 9.53 Å². The lowest BCUT2D eigenvalue weighted by atomic mass is 10.1. The Morgan fingerprint density at radius 3 is 2.71 bits per heavy atom. The fourth-order valence-corrected chi connectivity index (χ4v) is 2.36. The molecular weight excluding hydrogens is 284 g/mol. The summed E-state index contributed by atoms with van der Waals surface area (Å²) in [6.07, 6.45) is 3.41. The quantitative estimate of drug-likeness (QED) is 0.674. The zero-order chi connectivity index (χ0) is 15.1. The lowest BCUT2D eigenvalue weighted by Crippen LogP contribution is -2.02. The summed E-state index contributed by atoms with van der Waals surface area (Å²) in [6.45, 7) is 2.52. The normalized spacial score (nSPS) is 10.4. The molecule has 0 aliphatic carbocycles. The molecule has 0 heterocycles. The Balaban J connectivity index is 2.05. The summed E-state index contributed by atoms with van der Waals surface area (Å²) in [6, 6.07) is 15.3. The van der Waals surface area contributed by atoms with E-state index >= 15 is 0 Å². The number of carbonyl (C=O) groups is 1. The maximum absolute atomic E-state index is 11.4. The first kappa shape index (κ1) is 15.6. The summed E-state index contributed by atoms with van der Waals surface area (Å²) in [4.78, 5) is 11.4. The molecule has 2 aromatic carbocycles. The van der Waals surface area contributed by atoms with E-state index in [1.54, 1.807) is 12.1 Å². The van der Waals surface area contributed by atoms with Crippen LogP contribution in [0.5, 0.6) is 5.75 Å². The van der Waals surface area contributed by atoms with E-state index in [-0.39, 0.29) is 0 Å². The first-order valence-corrected chi connectivity index (χ1v) is 7.58. The Bertz CT molecular complexity index is 608. The van der Waals surface area contributed by atoms with Crippen LogP contribution in [0, 0.1) is 0 Å². The summed E-state index contributed by atoms with van der Waals surface area (Å²) in [5.74, 6) is 0.820. The van der Waals surface area contributed by atoms with E-state index in [2.05, 4.69) is 19.1 Å². The largest absolute Gasteiger partial charge is 0.489 e. The van der Waals surface area contributed by atoms with Gasteiger partial charge < -0.3 is 4.74 Å². The van der Waals surface area contributed by atoms with Gasteiger partial charge in [-0.05, 0) is 48.2 Å². The molecule has 0 saturated heterocycles. The third-order valence-electron chi connectivity index (χ3n) is 3.34. The number of hydrogen-bond donors (Lipinski definition) is 0. The number of halogens is 1. The molecule has 0 aliphatic heterocycles. The molecule has 0 radical (unpaired) electrons. The molecule has 0 unspecified atom stereocenters. The van der Waals surface area contributed by atoms with Crippen LogP contribution in [0.3, 0.4) is 0 Å². The fraction of sp³-hybridized carbons (Fsp3) is 0.278. The minimum atomic E-state index is -0.453. The highest BCUT2D eigenvalue weighted by Gasteiger charge is 2.08. The number of aryl methyl sites for hydroxylation is 1. The summed E-state index contributed by atoms with van der Waals surface area (Å²) < 4.78 is 5.79. The van der Waals surface area contributed by atoms with Crippen molar-refractivity contribution >= 4 is 16.8 Å². The van der Waals surface area contributed by atoms with Crippen LogP contribution < -0.4 is 4.74 Å². The van der Waals surface area contributed by atoms with Gasteiger partial charge in [0.1, 0.15) is 12.4 Å². The lowest BCUT2D eigenvalue weighted by molar-refractivity contribution is 0.107. The third-order valence-corrected chi connectivity index (χ3v) is 3.54. The van der Waals surface area contributed by atoms with Crippen LogP contribution in [-0.4, -0.2) is 5.24 Å². The van der Waals surface area contributed by atoms with E-state index in [4.69, 9.17) is 16.3 Å². The molecule has 0 aliphatic rings. The minimum Gasteiger partial charge on any atom is -0.489 e. The van der Waals surface area contributed by atoms with Gasteiger partial charge in [-0.25, -0.2) is 0 Å². The average molecular weight is 303 g/mol. The second kappa shape index (κ2) is 7.84. The van der Waals surface area contributed by atoms with Crippen LogP contribution in [0.25, 0.3) is 0 Å². The summed E-state index contributed by atoms with van der Waals surface area (Å²) in [5.41, 5.74) is 2.58. The van der Waals surface area contributed by atoms with Gasteiger partial charge in [-0.3, -0.25) is 4.79 Å². The van der Waals surface area contributed by atoms with Crippen LogP contribution in [0.2, 0.25) is 0 Å². The topological polar surface area (TPSA) is 26.3 Å². The molecule has 2 rings (SSSR count). The molecule has 0 bridgehead atoms. The van der Waals surface area contributed by atoms with Crippen molar-refractivity contribution in [2.24, 2.45) is 0 Å². The second-order valence-corrected chi connectivity index (χ2v) is 5.31. The Labute approximate surface area is 130 Å². The number of benzene rings is 2. The lowest BCUT2D eigenvalue weighted by Gasteiger charge is -2.10. The SMILES string of the molecule is CCCCc1cccc(OCc2ccccc2C(=O)Cl)c1. The number of unbranched alkanes of at least 4 members (excludes halogenated alkanes) is 1. The van der Waals surface area contributed by atoms with Gasteiger partial charge in [0.15, 0.2) is 0 Å². The molecule has 0 N–H and O–H groups in total. The maximum atomic E-state index is 11.4. The van der Waals surface area contributed by atoms with Crippen molar-refractivity contribution in [3.63, 3.8) is 0 Å². The predicted octanol–water partition coefficient (Wildman–Crippen LogP) is 4.99. The van der Waals surface area contributed by atoms with Crippen LogP contribution in [0.4, 0.5) is 0 Å². The van der Waals surface area contributed by atoms with Crippen LogP contribution in [-0.2, 0) is 13.0 Å². The Hall–Kier alpha value is -1.80. The summed E-state index contributed by atoms with van der Waals surface area (Å²) in [7, 11) is 0. The van der Waals surface area contributed by atoms with Gasteiger partial charge in [-0.15, -0.1) is 0 Å².